The molecular weight excluding hydrogens is 202 g/mol. The van der Waals surface area contributed by atoms with Gasteiger partial charge in [-0.3, -0.25) is 4.68 Å². The Morgan fingerprint density at radius 2 is 2.19 bits per heavy atom. The van der Waals surface area contributed by atoms with Gasteiger partial charge in [-0.1, -0.05) is 31.9 Å². The molecule has 4 nitrogen and oxygen atoms in total. The van der Waals surface area contributed by atoms with E-state index in [4.69, 9.17) is 0 Å². The number of rotatable bonds is 7. The van der Waals surface area contributed by atoms with E-state index in [1.807, 2.05) is 13.2 Å². The number of nitrogens with zero attached hydrogens (tertiary/aromatic N) is 3. The van der Waals surface area contributed by atoms with E-state index in [0.29, 0.717) is 0 Å². The van der Waals surface area contributed by atoms with Gasteiger partial charge in [0, 0.05) is 26.3 Å². The van der Waals surface area contributed by atoms with E-state index >= 15 is 0 Å². The fourth-order valence-electron chi connectivity index (χ4n) is 2.05. The van der Waals surface area contributed by atoms with Crippen molar-refractivity contribution in [3.63, 3.8) is 0 Å². The van der Waals surface area contributed by atoms with Gasteiger partial charge >= 0.3 is 0 Å². The van der Waals surface area contributed by atoms with Crippen molar-refractivity contribution >= 4 is 0 Å². The first-order valence-corrected chi connectivity index (χ1v) is 6.12. The van der Waals surface area contributed by atoms with Crippen molar-refractivity contribution in [3.8, 4) is 0 Å². The minimum Gasteiger partial charge on any atom is -0.396 e. The maximum absolute atomic E-state index is 9.62. The zero-order chi connectivity index (χ0) is 12.0. The number of hydrogen-bond acceptors (Lipinski definition) is 3. The summed E-state index contributed by atoms with van der Waals surface area (Å²) in [4.78, 5) is 0. The molecule has 0 aliphatic heterocycles. The Hall–Kier alpha value is -0.900. The average Bonchev–Trinajstić information content (AvgIpc) is 2.70. The lowest BCUT2D eigenvalue weighted by Crippen LogP contribution is -2.27. The Labute approximate surface area is 97.7 Å². The van der Waals surface area contributed by atoms with Crippen LogP contribution in [0.2, 0.25) is 0 Å². The fraction of sp³-hybridized carbons (Fsp3) is 0.833. The smallest absolute Gasteiger partial charge is 0.0833 e. The van der Waals surface area contributed by atoms with Gasteiger partial charge in [-0.05, 0) is 18.3 Å². The topological polar surface area (TPSA) is 50.9 Å². The highest BCUT2D eigenvalue weighted by Crippen LogP contribution is 2.31. The van der Waals surface area contributed by atoms with E-state index in [9.17, 15) is 5.11 Å². The molecule has 0 bridgehead atoms. The third-order valence-electron chi connectivity index (χ3n) is 3.35. The summed E-state index contributed by atoms with van der Waals surface area (Å²) in [6.45, 7) is 4.56. The van der Waals surface area contributed by atoms with E-state index in [-0.39, 0.29) is 12.0 Å². The molecule has 0 saturated carbocycles. The first kappa shape index (κ1) is 13.2. The van der Waals surface area contributed by atoms with Crippen molar-refractivity contribution in [2.75, 3.05) is 6.61 Å². The van der Waals surface area contributed by atoms with Crippen molar-refractivity contribution in [2.45, 2.75) is 46.0 Å². The highest BCUT2D eigenvalue weighted by Gasteiger charge is 2.28. The number of unbranched alkanes of at least 4 members (excludes halogenated alkanes) is 1. The highest BCUT2D eigenvalue weighted by molar-refractivity contribution is 4.98. The normalized spacial score (nSPS) is 15.0. The Morgan fingerprint density at radius 3 is 2.62 bits per heavy atom. The van der Waals surface area contributed by atoms with Crippen LogP contribution in [-0.2, 0) is 13.5 Å². The summed E-state index contributed by atoms with van der Waals surface area (Å²) in [5, 5.41) is 17.7. The monoisotopic (exact) mass is 225 g/mol. The number of aliphatic hydroxyl groups excluding tert-OH is 1. The zero-order valence-corrected chi connectivity index (χ0v) is 10.6. The lowest BCUT2D eigenvalue weighted by molar-refractivity contribution is 0.106. The van der Waals surface area contributed by atoms with Gasteiger partial charge in [0.15, 0.2) is 0 Å². The first-order chi connectivity index (χ1) is 7.65. The van der Waals surface area contributed by atoms with Crippen molar-refractivity contribution < 1.29 is 5.11 Å². The molecule has 1 atom stereocenters. The van der Waals surface area contributed by atoms with Gasteiger partial charge in [0.2, 0.25) is 0 Å². The highest BCUT2D eigenvalue weighted by atomic mass is 16.3. The summed E-state index contributed by atoms with van der Waals surface area (Å²) >= 11 is 0. The summed E-state index contributed by atoms with van der Waals surface area (Å²) in [6.07, 6.45) is 7.14. The predicted molar refractivity (Wildman–Crippen MR) is 64.0 cm³/mol. The van der Waals surface area contributed by atoms with Crippen molar-refractivity contribution in [2.24, 2.45) is 12.5 Å². The standard InChI is InChI=1S/C12H23N3O/c1-4-6-7-12(5-2,10-16)8-11-9-15(3)14-13-11/h9,16H,4-8,10H2,1-3H3. The Balaban J connectivity index is 2.69. The van der Waals surface area contributed by atoms with E-state index in [0.717, 1.165) is 31.4 Å². The molecule has 1 aromatic heterocycles. The van der Waals surface area contributed by atoms with Crippen LogP contribution in [0.3, 0.4) is 0 Å². The van der Waals surface area contributed by atoms with Crippen molar-refractivity contribution in [1.29, 1.82) is 0 Å². The van der Waals surface area contributed by atoms with E-state index in [1.165, 1.54) is 6.42 Å². The predicted octanol–water partition coefficient (Wildman–Crippen LogP) is 1.94. The summed E-state index contributed by atoms with van der Waals surface area (Å²) < 4.78 is 1.72. The molecule has 16 heavy (non-hydrogen) atoms. The van der Waals surface area contributed by atoms with Gasteiger partial charge in [0.05, 0.1) is 5.69 Å². The Morgan fingerprint density at radius 1 is 1.44 bits per heavy atom. The molecule has 1 unspecified atom stereocenters. The quantitative estimate of drug-likeness (QED) is 0.771. The largest absolute Gasteiger partial charge is 0.396 e. The van der Waals surface area contributed by atoms with Crippen LogP contribution >= 0.6 is 0 Å². The first-order valence-electron chi connectivity index (χ1n) is 6.12. The SMILES string of the molecule is CCCCC(CC)(CO)Cc1cn(C)nn1. The molecule has 0 fully saturated rings. The van der Waals surface area contributed by atoms with Crippen LogP contribution in [0.15, 0.2) is 6.20 Å². The van der Waals surface area contributed by atoms with Gasteiger partial charge in [-0.2, -0.15) is 0 Å². The van der Waals surface area contributed by atoms with Crippen LogP contribution in [-0.4, -0.2) is 26.7 Å². The van der Waals surface area contributed by atoms with Crippen LogP contribution in [0.5, 0.6) is 0 Å². The molecular formula is C12H23N3O. The lowest BCUT2D eigenvalue weighted by atomic mass is 9.77. The molecule has 1 aromatic rings. The molecule has 0 amide bonds. The maximum Gasteiger partial charge on any atom is 0.0833 e. The molecule has 1 N–H and O–H groups in total. The molecule has 1 heterocycles. The molecule has 92 valence electrons. The fourth-order valence-corrected chi connectivity index (χ4v) is 2.05. The number of aryl methyl sites for hydroxylation is 1. The molecule has 1 rings (SSSR count). The van der Waals surface area contributed by atoms with Gasteiger partial charge < -0.3 is 5.11 Å². The van der Waals surface area contributed by atoms with Gasteiger partial charge in [-0.15, -0.1) is 5.10 Å². The molecule has 0 aliphatic carbocycles. The molecule has 4 heteroatoms. The average molecular weight is 225 g/mol. The Bertz CT molecular complexity index is 305. The number of hydrogen-bond donors (Lipinski definition) is 1. The van der Waals surface area contributed by atoms with Crippen LogP contribution in [0.25, 0.3) is 0 Å². The van der Waals surface area contributed by atoms with Crippen molar-refractivity contribution in [1.82, 2.24) is 15.0 Å². The zero-order valence-electron chi connectivity index (χ0n) is 10.6. The van der Waals surface area contributed by atoms with Crippen molar-refractivity contribution in [3.05, 3.63) is 11.9 Å². The second-order valence-electron chi connectivity index (χ2n) is 4.68. The molecule has 0 aromatic carbocycles. The number of aliphatic hydroxyl groups is 1. The minimum atomic E-state index is -0.00789. The summed E-state index contributed by atoms with van der Waals surface area (Å²) in [5.41, 5.74) is 0.973. The van der Waals surface area contributed by atoms with E-state index in [1.54, 1.807) is 4.68 Å². The van der Waals surface area contributed by atoms with Gasteiger partial charge in [-0.25, -0.2) is 0 Å². The second kappa shape index (κ2) is 5.99. The summed E-state index contributed by atoms with van der Waals surface area (Å²) in [7, 11) is 1.87. The van der Waals surface area contributed by atoms with E-state index < -0.39 is 0 Å². The minimum absolute atomic E-state index is 0.00789. The molecule has 0 radical (unpaired) electrons. The molecule has 0 spiro atoms. The van der Waals surface area contributed by atoms with E-state index in [2.05, 4.69) is 24.2 Å². The number of aromatic nitrogens is 3. The second-order valence-corrected chi connectivity index (χ2v) is 4.68. The summed E-state index contributed by atoms with van der Waals surface area (Å²) in [6, 6.07) is 0. The summed E-state index contributed by atoms with van der Waals surface area (Å²) in [5.74, 6) is 0. The van der Waals surface area contributed by atoms with Gasteiger partial charge in [0.25, 0.3) is 0 Å². The van der Waals surface area contributed by atoms with Crippen LogP contribution in [0.4, 0.5) is 0 Å². The van der Waals surface area contributed by atoms with Crippen LogP contribution in [0, 0.1) is 5.41 Å². The Kier molecular flexibility index (Phi) is 4.93. The third kappa shape index (κ3) is 3.30. The molecule has 0 saturated heterocycles. The third-order valence-corrected chi connectivity index (χ3v) is 3.35. The van der Waals surface area contributed by atoms with Crippen LogP contribution < -0.4 is 0 Å². The lowest BCUT2D eigenvalue weighted by Gasteiger charge is -2.29. The molecule has 0 aliphatic rings. The maximum atomic E-state index is 9.62. The van der Waals surface area contributed by atoms with Gasteiger partial charge in [0.1, 0.15) is 0 Å². The van der Waals surface area contributed by atoms with Crippen LogP contribution in [0.1, 0.15) is 45.2 Å².